The fourth-order valence-electron chi connectivity index (χ4n) is 0.756. The van der Waals surface area contributed by atoms with Gasteiger partial charge in [-0.15, -0.1) is 12.1 Å². The Morgan fingerprint density at radius 1 is 1.38 bits per heavy atom. The van der Waals surface area contributed by atoms with Crippen LogP contribution in [-0.2, 0) is 0 Å². The van der Waals surface area contributed by atoms with Crippen LogP contribution in [0.4, 0.5) is 0 Å². The van der Waals surface area contributed by atoms with Gasteiger partial charge < -0.3 is 0 Å². The average Bonchev–Trinajstić information content (AvgIpc) is 1.95. The third-order valence-electron chi connectivity index (χ3n) is 1.41. The monoisotopic (exact) mass is 173 g/mol. The molecule has 0 aromatic carbocycles. The van der Waals surface area contributed by atoms with E-state index in [9.17, 15) is 0 Å². The van der Waals surface area contributed by atoms with Gasteiger partial charge in [-0.3, -0.25) is 4.99 Å². The lowest BCUT2D eigenvalue weighted by Crippen LogP contribution is -2.08. The third-order valence-corrected chi connectivity index (χ3v) is 1.41. The van der Waals surface area contributed by atoms with E-state index < -0.39 is 0 Å². The van der Waals surface area contributed by atoms with Crippen LogP contribution in [0, 0.1) is 5.41 Å². The van der Waals surface area contributed by atoms with Gasteiger partial charge in [-0.1, -0.05) is 33.4 Å². The highest BCUT2D eigenvalue weighted by atomic mass is 14.7. The van der Waals surface area contributed by atoms with Crippen LogP contribution in [0.2, 0.25) is 0 Å². The molecule has 0 bridgehead atoms. The van der Waals surface area contributed by atoms with Crippen LogP contribution in [0.25, 0.3) is 0 Å². The van der Waals surface area contributed by atoms with Gasteiger partial charge in [-0.2, -0.15) is 0 Å². The first-order valence-electron chi connectivity index (χ1n) is 4.19. The van der Waals surface area contributed by atoms with Gasteiger partial charge in [-0.05, 0) is 6.08 Å². The van der Waals surface area contributed by atoms with Crippen molar-refractivity contribution >= 4 is 14.1 Å². The lowest BCUT2D eigenvalue weighted by Gasteiger charge is -2.19. The summed E-state index contributed by atoms with van der Waals surface area (Å²) in [5, 5.41) is 0. The average molecular weight is 173 g/mol. The Hall–Kier alpha value is -1.05. The normalized spacial score (nSPS) is 13.3. The van der Waals surface area contributed by atoms with Crippen LogP contribution in [0.15, 0.2) is 41.5 Å². The Bertz CT molecular complexity index is 254. The quantitative estimate of drug-likeness (QED) is 0.353. The van der Waals surface area contributed by atoms with Crippen molar-refractivity contribution in [3.8, 4) is 0 Å². The number of hydrogen-bond donors (Lipinski definition) is 0. The van der Waals surface area contributed by atoms with Gasteiger partial charge in [0.05, 0.1) is 0 Å². The minimum atomic E-state index is -0.0260. The van der Waals surface area contributed by atoms with Gasteiger partial charge in [0, 0.05) is 17.3 Å². The maximum absolute atomic E-state index is 5.49. The summed E-state index contributed by atoms with van der Waals surface area (Å²) < 4.78 is 0. The highest BCUT2D eigenvalue weighted by Crippen LogP contribution is 2.26. The molecular weight excluding hydrogens is 157 g/mol. The van der Waals surface area contributed by atoms with Crippen LogP contribution in [0.1, 0.15) is 20.8 Å². The summed E-state index contributed by atoms with van der Waals surface area (Å²) in [5.41, 5.74) is 1.40. The van der Waals surface area contributed by atoms with Gasteiger partial charge in [0.2, 0.25) is 0 Å². The fraction of sp³-hybridized carbons (Fsp3) is 0.364. The molecule has 2 heteroatoms. The van der Waals surface area contributed by atoms with Crippen molar-refractivity contribution in [2.24, 2.45) is 10.4 Å². The van der Waals surface area contributed by atoms with Crippen molar-refractivity contribution in [2.45, 2.75) is 20.8 Å². The number of aliphatic imine (C=N–C) groups is 1. The van der Waals surface area contributed by atoms with E-state index in [0.29, 0.717) is 5.47 Å². The predicted molar refractivity (Wildman–Crippen MR) is 61.1 cm³/mol. The van der Waals surface area contributed by atoms with E-state index in [1.165, 1.54) is 0 Å². The molecule has 0 heterocycles. The first-order chi connectivity index (χ1) is 5.88. The Morgan fingerprint density at radius 3 is 2.23 bits per heavy atom. The van der Waals surface area contributed by atoms with E-state index in [2.05, 4.69) is 38.9 Å². The minimum Gasteiger partial charge on any atom is -0.261 e. The molecule has 0 aliphatic carbocycles. The molecule has 0 atom stereocenters. The van der Waals surface area contributed by atoms with Crippen LogP contribution in [0.3, 0.4) is 0 Å². The van der Waals surface area contributed by atoms with Crippen LogP contribution in [0.5, 0.6) is 0 Å². The molecular formula is C11H16BN. The fourth-order valence-corrected chi connectivity index (χ4v) is 0.756. The van der Waals surface area contributed by atoms with Crippen molar-refractivity contribution in [3.05, 3.63) is 36.5 Å². The molecule has 0 saturated carbocycles. The smallest absolute Gasteiger partial charge is 0.113 e. The van der Waals surface area contributed by atoms with Crippen molar-refractivity contribution < 1.29 is 0 Å². The van der Waals surface area contributed by atoms with E-state index in [1.54, 1.807) is 18.4 Å². The summed E-state index contributed by atoms with van der Waals surface area (Å²) in [6.45, 7) is 13.4. The maximum atomic E-state index is 5.49. The first-order valence-corrected chi connectivity index (χ1v) is 4.19. The topological polar surface area (TPSA) is 12.4 Å². The Labute approximate surface area is 82.4 Å². The molecule has 0 N–H and O–H groups in total. The Kier molecular flexibility index (Phi) is 4.46. The SMILES string of the molecule is [B]C(=C)/C=C(\N=CC=C)C(C)(C)C. The molecule has 13 heavy (non-hydrogen) atoms. The second-order valence-corrected chi connectivity index (χ2v) is 3.87. The predicted octanol–water partition coefficient (Wildman–Crippen LogP) is 2.86. The summed E-state index contributed by atoms with van der Waals surface area (Å²) >= 11 is 0. The Balaban J connectivity index is 4.87. The van der Waals surface area contributed by atoms with E-state index in [0.717, 1.165) is 5.70 Å². The second-order valence-electron chi connectivity index (χ2n) is 3.87. The number of allylic oxidation sites excluding steroid dienone is 4. The molecule has 68 valence electrons. The number of rotatable bonds is 3. The highest BCUT2D eigenvalue weighted by Gasteiger charge is 2.15. The standard InChI is InChI=1S/C11H16BN/c1-6-7-13-10(8-9(2)12)11(3,4)5/h6-8H,1-2H2,3-5H3/b10-8-,13-7?. The van der Waals surface area contributed by atoms with Gasteiger partial charge in [-0.25, -0.2) is 0 Å². The number of nitrogens with zero attached hydrogens (tertiary/aromatic N) is 1. The van der Waals surface area contributed by atoms with Gasteiger partial charge in [0.15, 0.2) is 0 Å². The molecule has 0 aliphatic heterocycles. The second kappa shape index (κ2) is 4.85. The first kappa shape index (κ1) is 12.0. The lowest BCUT2D eigenvalue weighted by molar-refractivity contribution is 0.499. The van der Waals surface area contributed by atoms with Crippen LogP contribution < -0.4 is 0 Å². The highest BCUT2D eigenvalue weighted by molar-refractivity contribution is 6.23. The van der Waals surface area contributed by atoms with Crippen LogP contribution >= 0.6 is 0 Å². The summed E-state index contributed by atoms with van der Waals surface area (Å²) in [6, 6.07) is 0. The maximum Gasteiger partial charge on any atom is 0.113 e. The molecule has 0 unspecified atom stereocenters. The Morgan fingerprint density at radius 2 is 1.92 bits per heavy atom. The van der Waals surface area contributed by atoms with Gasteiger partial charge >= 0.3 is 0 Å². The zero-order valence-electron chi connectivity index (χ0n) is 8.67. The van der Waals surface area contributed by atoms with Gasteiger partial charge in [0.25, 0.3) is 0 Å². The molecule has 0 aliphatic rings. The third kappa shape index (κ3) is 5.23. The molecule has 0 aromatic heterocycles. The van der Waals surface area contributed by atoms with Crippen LogP contribution in [-0.4, -0.2) is 14.1 Å². The van der Waals surface area contributed by atoms with Gasteiger partial charge in [0.1, 0.15) is 7.85 Å². The molecule has 0 rings (SSSR count). The lowest BCUT2D eigenvalue weighted by atomic mass is 9.87. The van der Waals surface area contributed by atoms with E-state index in [1.807, 2.05) is 0 Å². The zero-order chi connectivity index (χ0) is 10.5. The van der Waals surface area contributed by atoms with E-state index >= 15 is 0 Å². The molecule has 0 amide bonds. The molecule has 0 aromatic rings. The van der Waals surface area contributed by atoms with E-state index in [-0.39, 0.29) is 5.41 Å². The van der Waals surface area contributed by atoms with Crippen molar-refractivity contribution in [1.82, 2.24) is 0 Å². The zero-order valence-corrected chi connectivity index (χ0v) is 8.67. The minimum absolute atomic E-state index is 0.0260. The molecule has 1 nitrogen and oxygen atoms in total. The summed E-state index contributed by atoms with van der Waals surface area (Å²) in [7, 11) is 5.49. The summed E-state index contributed by atoms with van der Waals surface area (Å²) in [4.78, 5) is 4.23. The largest absolute Gasteiger partial charge is 0.261 e. The van der Waals surface area contributed by atoms with Crippen molar-refractivity contribution in [1.29, 1.82) is 0 Å². The molecule has 2 radical (unpaired) electrons. The summed E-state index contributed by atoms with van der Waals surface area (Å²) in [5.74, 6) is 0. The van der Waals surface area contributed by atoms with Crippen molar-refractivity contribution in [3.63, 3.8) is 0 Å². The molecule has 0 fully saturated rings. The summed E-state index contributed by atoms with van der Waals surface area (Å²) in [6.07, 6.45) is 5.07. The van der Waals surface area contributed by atoms with Crippen molar-refractivity contribution in [2.75, 3.05) is 0 Å². The molecule has 0 spiro atoms. The number of hydrogen-bond acceptors (Lipinski definition) is 1. The van der Waals surface area contributed by atoms with E-state index in [4.69, 9.17) is 7.85 Å². The molecule has 0 saturated heterocycles.